The molecular weight excluding hydrogens is 488 g/mol. The summed E-state index contributed by atoms with van der Waals surface area (Å²) < 4.78 is 26.1. The maximum atomic E-state index is 12.4. The smallest absolute Gasteiger partial charge is 0.246 e. The van der Waals surface area contributed by atoms with Crippen LogP contribution in [0.4, 0.5) is 10.8 Å². The van der Waals surface area contributed by atoms with Gasteiger partial charge in [-0.1, -0.05) is 51.0 Å². The Hall–Kier alpha value is -2.01. The van der Waals surface area contributed by atoms with Crippen molar-refractivity contribution in [2.75, 3.05) is 22.4 Å². The van der Waals surface area contributed by atoms with E-state index in [1.807, 2.05) is 0 Å². The van der Waals surface area contributed by atoms with E-state index in [-0.39, 0.29) is 11.7 Å². The number of carbonyl (C=O) groups excluding carboxylic acids is 1. The quantitative estimate of drug-likeness (QED) is 0.551. The van der Waals surface area contributed by atoms with Crippen LogP contribution in [0.5, 0.6) is 0 Å². The normalized spacial score (nSPS) is 11.2. The van der Waals surface area contributed by atoms with Crippen LogP contribution in [0.15, 0.2) is 53.0 Å². The van der Waals surface area contributed by atoms with Gasteiger partial charge in [0.2, 0.25) is 21.1 Å². The predicted octanol–water partition coefficient (Wildman–Crippen LogP) is 4.03. The number of amides is 1. The molecule has 1 heterocycles. The van der Waals surface area contributed by atoms with Gasteiger partial charge in [0.05, 0.1) is 11.9 Å². The van der Waals surface area contributed by atoms with E-state index >= 15 is 0 Å². The number of hydrogen-bond acceptors (Lipinski definition) is 6. The largest absolute Gasteiger partial charge is 0.299 e. The highest BCUT2D eigenvalue weighted by Gasteiger charge is 2.21. The number of hydrogen-bond donors (Lipinski definition) is 1. The van der Waals surface area contributed by atoms with Crippen LogP contribution in [0.1, 0.15) is 0 Å². The lowest BCUT2D eigenvalue weighted by atomic mass is 10.2. The Kier molecular flexibility index (Phi) is 6.33. The molecule has 7 nitrogen and oxygen atoms in total. The fraction of sp³-hybridized carbons (Fsp3) is 0.118. The summed E-state index contributed by atoms with van der Waals surface area (Å²) in [5.41, 5.74) is 1.20. The topological polar surface area (TPSA) is 92.3 Å². The maximum Gasteiger partial charge on any atom is 0.246 e. The third-order valence-corrected chi connectivity index (χ3v) is 6.37. The van der Waals surface area contributed by atoms with Gasteiger partial charge in [-0.05, 0) is 36.4 Å². The van der Waals surface area contributed by atoms with Crippen molar-refractivity contribution in [1.82, 2.24) is 10.2 Å². The monoisotopic (exact) mass is 500 g/mol. The Labute approximate surface area is 179 Å². The van der Waals surface area contributed by atoms with Gasteiger partial charge in [0, 0.05) is 15.1 Å². The maximum absolute atomic E-state index is 12.4. The van der Waals surface area contributed by atoms with Crippen LogP contribution in [0, 0.1) is 0 Å². The first-order valence-corrected chi connectivity index (χ1v) is 11.7. The van der Waals surface area contributed by atoms with E-state index in [4.69, 9.17) is 11.6 Å². The van der Waals surface area contributed by atoms with Gasteiger partial charge >= 0.3 is 0 Å². The molecule has 0 fully saturated rings. The third-order valence-electron chi connectivity index (χ3n) is 3.56. The zero-order valence-electron chi connectivity index (χ0n) is 14.5. The van der Waals surface area contributed by atoms with Crippen LogP contribution in [-0.2, 0) is 14.8 Å². The molecule has 0 unspecified atom stereocenters. The van der Waals surface area contributed by atoms with Gasteiger partial charge in [-0.2, -0.15) is 0 Å². The van der Waals surface area contributed by atoms with Crippen molar-refractivity contribution >= 4 is 65.6 Å². The van der Waals surface area contributed by atoms with Crippen LogP contribution in [0.3, 0.4) is 0 Å². The lowest BCUT2D eigenvalue weighted by Crippen LogP contribution is -2.37. The minimum Gasteiger partial charge on any atom is -0.299 e. The van der Waals surface area contributed by atoms with Gasteiger partial charge < -0.3 is 0 Å². The van der Waals surface area contributed by atoms with Gasteiger partial charge in [0.15, 0.2) is 0 Å². The highest BCUT2D eigenvalue weighted by Crippen LogP contribution is 2.27. The molecule has 0 saturated heterocycles. The van der Waals surface area contributed by atoms with Crippen molar-refractivity contribution in [3.05, 3.63) is 58.0 Å². The van der Waals surface area contributed by atoms with E-state index in [9.17, 15) is 13.2 Å². The second-order valence-electron chi connectivity index (χ2n) is 5.71. The van der Waals surface area contributed by atoms with Gasteiger partial charge in [0.1, 0.15) is 11.6 Å². The number of rotatable bonds is 6. The summed E-state index contributed by atoms with van der Waals surface area (Å²) in [6.07, 6.45) is 1.05. The molecule has 28 heavy (non-hydrogen) atoms. The zero-order chi connectivity index (χ0) is 20.3. The number of nitrogens with one attached hydrogen (secondary N) is 1. The molecule has 0 aliphatic rings. The summed E-state index contributed by atoms with van der Waals surface area (Å²) in [6, 6.07) is 13.7. The van der Waals surface area contributed by atoms with Gasteiger partial charge in [0.25, 0.3) is 0 Å². The summed E-state index contributed by atoms with van der Waals surface area (Å²) >= 11 is 10.3. The number of benzene rings is 2. The SMILES string of the molecule is CS(=O)(=O)N(CC(=O)Nc1nnc(-c2ccc(Cl)cc2)s1)c1ccc(Br)cc1. The Morgan fingerprint density at radius 2 is 1.79 bits per heavy atom. The van der Waals surface area contributed by atoms with Crippen molar-refractivity contribution in [3.8, 4) is 10.6 Å². The summed E-state index contributed by atoms with van der Waals surface area (Å²) in [4.78, 5) is 12.4. The van der Waals surface area contributed by atoms with E-state index in [1.165, 1.54) is 11.3 Å². The molecule has 0 saturated carbocycles. The van der Waals surface area contributed by atoms with Crippen molar-refractivity contribution in [2.45, 2.75) is 0 Å². The van der Waals surface area contributed by atoms with Gasteiger partial charge in [-0.15, -0.1) is 10.2 Å². The molecule has 0 radical (unpaired) electrons. The molecule has 3 aromatic rings. The Morgan fingerprint density at radius 3 is 2.39 bits per heavy atom. The van der Waals surface area contributed by atoms with Crippen LogP contribution in [0.2, 0.25) is 5.02 Å². The Bertz CT molecular complexity index is 1090. The molecule has 3 rings (SSSR count). The minimum absolute atomic E-state index is 0.277. The first-order valence-electron chi connectivity index (χ1n) is 7.85. The fourth-order valence-electron chi connectivity index (χ4n) is 2.28. The number of nitrogens with zero attached hydrogens (tertiary/aromatic N) is 3. The highest BCUT2D eigenvalue weighted by molar-refractivity contribution is 9.10. The van der Waals surface area contributed by atoms with Crippen LogP contribution < -0.4 is 9.62 Å². The fourth-order valence-corrected chi connectivity index (χ4v) is 4.29. The number of carbonyl (C=O) groups is 1. The summed E-state index contributed by atoms with van der Waals surface area (Å²) in [6.45, 7) is -0.379. The molecule has 0 bridgehead atoms. The molecule has 0 atom stereocenters. The molecule has 1 N–H and O–H groups in total. The van der Waals surface area contributed by atoms with Crippen LogP contribution >= 0.6 is 38.9 Å². The van der Waals surface area contributed by atoms with Crippen molar-refractivity contribution in [2.24, 2.45) is 0 Å². The van der Waals surface area contributed by atoms with Gasteiger partial charge in [-0.3, -0.25) is 14.4 Å². The first-order chi connectivity index (χ1) is 13.2. The number of sulfonamides is 1. The Balaban J connectivity index is 1.73. The lowest BCUT2D eigenvalue weighted by Gasteiger charge is -2.21. The average molecular weight is 502 g/mol. The second-order valence-corrected chi connectivity index (χ2v) is 9.95. The van der Waals surface area contributed by atoms with Crippen molar-refractivity contribution in [1.29, 1.82) is 0 Å². The number of halogens is 2. The van der Waals surface area contributed by atoms with Gasteiger partial charge in [-0.25, -0.2) is 8.42 Å². The van der Waals surface area contributed by atoms with E-state index in [1.54, 1.807) is 48.5 Å². The minimum atomic E-state index is -3.65. The van der Waals surface area contributed by atoms with Crippen LogP contribution in [0.25, 0.3) is 10.6 Å². The summed E-state index contributed by atoms with van der Waals surface area (Å²) in [5, 5.41) is 12.1. The highest BCUT2D eigenvalue weighted by atomic mass is 79.9. The van der Waals surface area contributed by atoms with E-state index in [2.05, 4.69) is 31.4 Å². The second kappa shape index (κ2) is 8.56. The Morgan fingerprint density at radius 1 is 1.14 bits per heavy atom. The third kappa shape index (κ3) is 5.28. The molecule has 1 aromatic heterocycles. The summed E-state index contributed by atoms with van der Waals surface area (Å²) in [5.74, 6) is -0.521. The van der Waals surface area contributed by atoms with Crippen molar-refractivity contribution in [3.63, 3.8) is 0 Å². The molecule has 2 aromatic carbocycles. The van der Waals surface area contributed by atoms with E-state index in [0.29, 0.717) is 15.7 Å². The standard InChI is InChI=1S/C17H14BrClN4O3S2/c1-28(25,26)23(14-8-4-12(18)5-9-14)10-15(24)20-17-22-21-16(27-17)11-2-6-13(19)7-3-11/h2-9H,10H2,1H3,(H,20,22,24). The predicted molar refractivity (Wildman–Crippen MR) is 115 cm³/mol. The molecule has 146 valence electrons. The lowest BCUT2D eigenvalue weighted by molar-refractivity contribution is -0.114. The molecular formula is C17H14BrClN4O3S2. The molecule has 1 amide bonds. The van der Waals surface area contributed by atoms with Crippen LogP contribution in [-0.4, -0.2) is 37.3 Å². The first kappa shape index (κ1) is 20.7. The molecule has 11 heteroatoms. The molecule has 0 aliphatic carbocycles. The number of anilines is 2. The molecule has 0 spiro atoms. The number of aromatic nitrogens is 2. The zero-order valence-corrected chi connectivity index (χ0v) is 18.4. The average Bonchev–Trinajstić information content (AvgIpc) is 3.09. The van der Waals surface area contributed by atoms with Crippen molar-refractivity contribution < 1.29 is 13.2 Å². The summed E-state index contributed by atoms with van der Waals surface area (Å²) in [7, 11) is -3.65. The van der Waals surface area contributed by atoms with E-state index in [0.717, 1.165) is 20.6 Å². The molecule has 0 aliphatic heterocycles. The van der Waals surface area contributed by atoms with E-state index < -0.39 is 15.9 Å².